The van der Waals surface area contributed by atoms with Gasteiger partial charge in [0.05, 0.1) is 22.9 Å². The molecule has 0 saturated carbocycles. The predicted octanol–water partition coefficient (Wildman–Crippen LogP) is -0.386. The Morgan fingerprint density at radius 1 is 1.39 bits per heavy atom. The zero-order valence-corrected chi connectivity index (χ0v) is 12.0. The molecule has 0 aromatic heterocycles. The van der Waals surface area contributed by atoms with E-state index in [-0.39, 0.29) is 30.7 Å². The summed E-state index contributed by atoms with van der Waals surface area (Å²) in [5.41, 5.74) is 0. The number of sulfonamides is 1. The van der Waals surface area contributed by atoms with Crippen LogP contribution in [0, 0.1) is 0 Å². The van der Waals surface area contributed by atoms with E-state index in [1.807, 2.05) is 0 Å². The van der Waals surface area contributed by atoms with E-state index >= 15 is 0 Å². The van der Waals surface area contributed by atoms with Gasteiger partial charge in [-0.2, -0.15) is 4.31 Å². The van der Waals surface area contributed by atoms with Gasteiger partial charge in [-0.1, -0.05) is 0 Å². The van der Waals surface area contributed by atoms with E-state index in [1.165, 1.54) is 4.31 Å². The highest BCUT2D eigenvalue weighted by molar-refractivity contribution is 7.92. The summed E-state index contributed by atoms with van der Waals surface area (Å²) in [4.78, 5) is 0. The maximum Gasteiger partial charge on any atom is 0.216 e. The van der Waals surface area contributed by atoms with Crippen LogP contribution in [0.25, 0.3) is 0 Å². The largest absolute Gasteiger partial charge is 0.377 e. The summed E-state index contributed by atoms with van der Waals surface area (Å²) in [5, 5.41) is -0.620. The smallest absolute Gasteiger partial charge is 0.216 e. The van der Waals surface area contributed by atoms with Gasteiger partial charge in [-0.15, -0.1) is 0 Å². The van der Waals surface area contributed by atoms with Crippen molar-refractivity contribution in [3.8, 4) is 0 Å². The standard InChI is InChI=1S/C10H19NO5S2/c1-9-7-11(4-6-17(9,12)13)18(14,15)8-10-3-2-5-16-10/h9-10H,2-8H2,1H3. The molecular formula is C10H19NO5S2. The minimum absolute atomic E-state index is 0.0280. The molecule has 0 amide bonds. The first-order valence-corrected chi connectivity index (χ1v) is 9.45. The van der Waals surface area contributed by atoms with Crippen LogP contribution in [0.5, 0.6) is 0 Å². The lowest BCUT2D eigenvalue weighted by atomic mass is 10.3. The van der Waals surface area contributed by atoms with Crippen LogP contribution < -0.4 is 0 Å². The molecule has 6 nitrogen and oxygen atoms in total. The quantitative estimate of drug-likeness (QED) is 0.709. The summed E-state index contributed by atoms with van der Waals surface area (Å²) in [5.74, 6) is -0.112. The summed E-state index contributed by atoms with van der Waals surface area (Å²) in [6.07, 6.45) is 1.43. The Labute approximate surface area is 108 Å². The van der Waals surface area contributed by atoms with Crippen LogP contribution in [0.15, 0.2) is 0 Å². The first-order valence-electron chi connectivity index (χ1n) is 6.12. The molecule has 0 N–H and O–H groups in total. The van der Waals surface area contributed by atoms with Crippen molar-refractivity contribution in [2.24, 2.45) is 0 Å². The number of hydrogen-bond donors (Lipinski definition) is 0. The highest BCUT2D eigenvalue weighted by Gasteiger charge is 2.36. The van der Waals surface area contributed by atoms with Crippen LogP contribution >= 0.6 is 0 Å². The molecule has 2 rings (SSSR count). The van der Waals surface area contributed by atoms with Gasteiger partial charge in [-0.3, -0.25) is 0 Å². The summed E-state index contributed by atoms with van der Waals surface area (Å²) in [6, 6.07) is 0. The maximum atomic E-state index is 12.1. The first-order chi connectivity index (χ1) is 8.31. The van der Waals surface area contributed by atoms with Gasteiger partial charge >= 0.3 is 0 Å². The fourth-order valence-electron chi connectivity index (χ4n) is 2.29. The Hall–Kier alpha value is -0.180. The molecule has 2 saturated heterocycles. The average Bonchev–Trinajstić information content (AvgIpc) is 2.73. The topological polar surface area (TPSA) is 80.8 Å². The van der Waals surface area contributed by atoms with Gasteiger partial charge < -0.3 is 4.74 Å². The molecule has 18 heavy (non-hydrogen) atoms. The van der Waals surface area contributed by atoms with Crippen molar-refractivity contribution >= 4 is 19.9 Å². The highest BCUT2D eigenvalue weighted by Crippen LogP contribution is 2.19. The van der Waals surface area contributed by atoms with Crippen molar-refractivity contribution in [2.45, 2.75) is 31.1 Å². The van der Waals surface area contributed by atoms with Crippen molar-refractivity contribution in [3.63, 3.8) is 0 Å². The van der Waals surface area contributed by atoms with Crippen LogP contribution in [-0.2, 0) is 24.6 Å². The van der Waals surface area contributed by atoms with Crippen LogP contribution in [-0.4, -0.2) is 63.7 Å². The monoisotopic (exact) mass is 297 g/mol. The van der Waals surface area contributed by atoms with Crippen LogP contribution in [0.2, 0.25) is 0 Å². The summed E-state index contributed by atoms with van der Waals surface area (Å²) in [7, 11) is -6.53. The van der Waals surface area contributed by atoms with Gasteiger partial charge in [0.2, 0.25) is 10.0 Å². The number of hydrogen-bond acceptors (Lipinski definition) is 5. The molecule has 2 aliphatic heterocycles. The lowest BCUT2D eigenvalue weighted by molar-refractivity contribution is 0.126. The molecule has 0 aromatic rings. The predicted molar refractivity (Wildman–Crippen MR) is 67.6 cm³/mol. The van der Waals surface area contributed by atoms with E-state index in [4.69, 9.17) is 4.74 Å². The molecule has 0 aliphatic carbocycles. The van der Waals surface area contributed by atoms with Gasteiger partial charge in [0.1, 0.15) is 0 Å². The van der Waals surface area contributed by atoms with E-state index in [0.29, 0.717) is 6.61 Å². The van der Waals surface area contributed by atoms with Gasteiger partial charge in [-0.25, -0.2) is 16.8 Å². The third-order valence-corrected chi connectivity index (χ3v) is 7.55. The SMILES string of the molecule is CC1CN(S(=O)(=O)CC2CCCO2)CCS1(=O)=O. The van der Waals surface area contributed by atoms with Gasteiger partial charge in [0, 0.05) is 19.7 Å². The molecule has 0 bridgehead atoms. The Morgan fingerprint density at radius 2 is 2.11 bits per heavy atom. The van der Waals surface area contributed by atoms with Crippen molar-refractivity contribution in [1.82, 2.24) is 4.31 Å². The van der Waals surface area contributed by atoms with Crippen molar-refractivity contribution in [1.29, 1.82) is 0 Å². The highest BCUT2D eigenvalue weighted by atomic mass is 32.2. The Morgan fingerprint density at radius 3 is 2.67 bits per heavy atom. The number of rotatable bonds is 3. The lowest BCUT2D eigenvalue weighted by Gasteiger charge is -2.30. The van der Waals surface area contributed by atoms with Crippen LogP contribution in [0.3, 0.4) is 0 Å². The van der Waals surface area contributed by atoms with Crippen molar-refractivity contribution in [2.75, 3.05) is 31.2 Å². The van der Waals surface area contributed by atoms with Gasteiger partial charge in [-0.05, 0) is 19.8 Å². The zero-order valence-electron chi connectivity index (χ0n) is 10.4. The summed E-state index contributed by atoms with van der Waals surface area (Å²) < 4.78 is 54.0. The zero-order chi connectivity index (χ0) is 13.4. The molecule has 2 heterocycles. The van der Waals surface area contributed by atoms with Crippen LogP contribution in [0.1, 0.15) is 19.8 Å². The molecule has 0 spiro atoms. The second-order valence-corrected chi connectivity index (χ2v) is 9.50. The number of sulfone groups is 1. The Bertz CT molecular complexity index is 492. The average molecular weight is 297 g/mol. The maximum absolute atomic E-state index is 12.1. The van der Waals surface area contributed by atoms with E-state index in [0.717, 1.165) is 12.8 Å². The van der Waals surface area contributed by atoms with Crippen molar-refractivity contribution in [3.05, 3.63) is 0 Å². The molecule has 8 heteroatoms. The number of ether oxygens (including phenoxy) is 1. The van der Waals surface area contributed by atoms with Crippen molar-refractivity contribution < 1.29 is 21.6 Å². The summed E-state index contributed by atoms with van der Waals surface area (Å²) in [6.45, 7) is 2.31. The van der Waals surface area contributed by atoms with Gasteiger partial charge in [0.15, 0.2) is 9.84 Å². The molecule has 2 aliphatic rings. The molecule has 0 radical (unpaired) electrons. The molecule has 2 fully saturated rings. The minimum Gasteiger partial charge on any atom is -0.377 e. The molecule has 2 unspecified atom stereocenters. The molecule has 2 atom stereocenters. The van der Waals surface area contributed by atoms with E-state index < -0.39 is 25.1 Å². The molecule has 106 valence electrons. The Balaban J connectivity index is 2.02. The third-order valence-electron chi connectivity index (χ3n) is 3.51. The Kier molecular flexibility index (Phi) is 4.01. The van der Waals surface area contributed by atoms with E-state index in [1.54, 1.807) is 6.92 Å². The lowest BCUT2D eigenvalue weighted by Crippen LogP contribution is -2.49. The van der Waals surface area contributed by atoms with Crippen LogP contribution in [0.4, 0.5) is 0 Å². The second kappa shape index (κ2) is 5.07. The second-order valence-electron chi connectivity index (χ2n) is 4.95. The van der Waals surface area contributed by atoms with E-state index in [2.05, 4.69) is 0 Å². The molecular weight excluding hydrogens is 278 g/mol. The van der Waals surface area contributed by atoms with Gasteiger partial charge in [0.25, 0.3) is 0 Å². The van der Waals surface area contributed by atoms with E-state index in [9.17, 15) is 16.8 Å². The molecule has 0 aromatic carbocycles. The fraction of sp³-hybridized carbons (Fsp3) is 1.00. The fourth-order valence-corrected chi connectivity index (χ4v) is 5.55. The summed E-state index contributed by atoms with van der Waals surface area (Å²) >= 11 is 0. The number of nitrogens with zero attached hydrogens (tertiary/aromatic N) is 1. The first kappa shape index (κ1) is 14.2. The third kappa shape index (κ3) is 3.04. The normalized spacial score (nSPS) is 33.6. The minimum atomic E-state index is -3.41.